The molecule has 2 atom stereocenters. The molecule has 3 nitrogen and oxygen atoms in total. The first-order valence-corrected chi connectivity index (χ1v) is 8.08. The van der Waals surface area contributed by atoms with Crippen molar-refractivity contribution in [3.8, 4) is 0 Å². The number of piperidine rings is 1. The SMILES string of the molecule is CCNCc1ccc(CN2CCC(C)C(OC)C2)s1. The zero-order valence-corrected chi connectivity index (χ0v) is 13.1. The van der Waals surface area contributed by atoms with Crippen molar-refractivity contribution < 1.29 is 4.74 Å². The number of thiophene rings is 1. The molecule has 4 heteroatoms. The first-order chi connectivity index (χ1) is 9.22. The summed E-state index contributed by atoms with van der Waals surface area (Å²) in [6, 6.07) is 4.53. The van der Waals surface area contributed by atoms with E-state index in [1.807, 2.05) is 18.4 Å². The Balaban J connectivity index is 1.85. The van der Waals surface area contributed by atoms with Crippen LogP contribution in [0.3, 0.4) is 0 Å². The number of likely N-dealkylation sites (tertiary alicyclic amines) is 1. The third-order valence-electron chi connectivity index (χ3n) is 3.92. The normalized spacial score (nSPS) is 24.8. The molecular weight excluding hydrogens is 256 g/mol. The Hall–Kier alpha value is -0.420. The fraction of sp³-hybridized carbons (Fsp3) is 0.733. The first kappa shape index (κ1) is 15.0. The Labute approximate surface area is 121 Å². The predicted molar refractivity (Wildman–Crippen MR) is 81.6 cm³/mol. The highest BCUT2D eigenvalue weighted by Gasteiger charge is 2.25. The summed E-state index contributed by atoms with van der Waals surface area (Å²) in [7, 11) is 1.84. The zero-order chi connectivity index (χ0) is 13.7. The van der Waals surface area contributed by atoms with Crippen molar-refractivity contribution in [3.05, 3.63) is 21.9 Å². The number of nitrogens with one attached hydrogen (secondary N) is 1. The lowest BCUT2D eigenvalue weighted by Gasteiger charge is -2.35. The molecule has 1 N–H and O–H groups in total. The average molecular weight is 282 g/mol. The summed E-state index contributed by atoms with van der Waals surface area (Å²) >= 11 is 1.93. The van der Waals surface area contributed by atoms with Gasteiger partial charge in [0.1, 0.15) is 0 Å². The average Bonchev–Trinajstić information content (AvgIpc) is 2.86. The third-order valence-corrected chi connectivity index (χ3v) is 4.99. The van der Waals surface area contributed by atoms with Crippen LogP contribution in [-0.2, 0) is 17.8 Å². The molecule has 1 aromatic rings. The van der Waals surface area contributed by atoms with Gasteiger partial charge in [-0.05, 0) is 37.6 Å². The van der Waals surface area contributed by atoms with Crippen molar-refractivity contribution in [1.29, 1.82) is 0 Å². The number of hydrogen-bond acceptors (Lipinski definition) is 4. The van der Waals surface area contributed by atoms with Crippen LogP contribution in [0.4, 0.5) is 0 Å². The van der Waals surface area contributed by atoms with Crippen molar-refractivity contribution in [3.63, 3.8) is 0 Å². The minimum Gasteiger partial charge on any atom is -0.380 e. The van der Waals surface area contributed by atoms with E-state index in [2.05, 4.69) is 36.2 Å². The first-order valence-electron chi connectivity index (χ1n) is 7.26. The zero-order valence-electron chi connectivity index (χ0n) is 12.3. The van der Waals surface area contributed by atoms with Gasteiger partial charge in [-0.15, -0.1) is 11.3 Å². The van der Waals surface area contributed by atoms with Gasteiger partial charge in [-0.1, -0.05) is 13.8 Å². The van der Waals surface area contributed by atoms with E-state index in [1.54, 1.807) is 0 Å². The van der Waals surface area contributed by atoms with Crippen molar-refractivity contribution in [2.45, 2.75) is 39.5 Å². The monoisotopic (exact) mass is 282 g/mol. The van der Waals surface area contributed by atoms with E-state index < -0.39 is 0 Å². The molecule has 108 valence electrons. The van der Waals surface area contributed by atoms with E-state index in [4.69, 9.17) is 4.74 Å². The van der Waals surface area contributed by atoms with Gasteiger partial charge in [0.15, 0.2) is 0 Å². The molecule has 2 rings (SSSR count). The van der Waals surface area contributed by atoms with Crippen molar-refractivity contribution in [1.82, 2.24) is 10.2 Å². The van der Waals surface area contributed by atoms with Crippen LogP contribution in [-0.4, -0.2) is 37.7 Å². The van der Waals surface area contributed by atoms with E-state index in [0.717, 1.165) is 26.2 Å². The Kier molecular flexibility index (Phi) is 5.82. The molecule has 2 unspecified atom stereocenters. The van der Waals surface area contributed by atoms with Crippen molar-refractivity contribution >= 4 is 11.3 Å². The topological polar surface area (TPSA) is 24.5 Å². The quantitative estimate of drug-likeness (QED) is 0.868. The van der Waals surface area contributed by atoms with Crippen molar-refractivity contribution in [2.75, 3.05) is 26.7 Å². The van der Waals surface area contributed by atoms with Crippen LogP contribution in [0.2, 0.25) is 0 Å². The Morgan fingerprint density at radius 2 is 2.21 bits per heavy atom. The lowest BCUT2D eigenvalue weighted by molar-refractivity contribution is -0.00716. The largest absolute Gasteiger partial charge is 0.380 e. The summed E-state index contributed by atoms with van der Waals surface area (Å²) in [4.78, 5) is 5.43. The minimum atomic E-state index is 0.398. The number of nitrogens with zero attached hydrogens (tertiary/aromatic N) is 1. The Bertz CT molecular complexity index is 380. The number of methoxy groups -OCH3 is 1. The van der Waals surface area contributed by atoms with E-state index >= 15 is 0 Å². The fourth-order valence-corrected chi connectivity index (χ4v) is 3.65. The highest BCUT2D eigenvalue weighted by Crippen LogP contribution is 2.23. The molecule has 19 heavy (non-hydrogen) atoms. The molecule has 0 amide bonds. The van der Waals surface area contributed by atoms with Gasteiger partial charge in [-0.2, -0.15) is 0 Å². The second-order valence-corrected chi connectivity index (χ2v) is 6.68. The smallest absolute Gasteiger partial charge is 0.0724 e. The summed E-state index contributed by atoms with van der Waals surface area (Å²) in [5, 5.41) is 3.38. The van der Waals surface area contributed by atoms with Gasteiger partial charge in [0.05, 0.1) is 6.10 Å². The van der Waals surface area contributed by atoms with Gasteiger partial charge in [0.25, 0.3) is 0 Å². The molecule has 1 saturated heterocycles. The molecule has 0 radical (unpaired) electrons. The summed E-state index contributed by atoms with van der Waals surface area (Å²) in [5.41, 5.74) is 0. The molecule has 0 saturated carbocycles. The maximum absolute atomic E-state index is 5.58. The Morgan fingerprint density at radius 1 is 1.42 bits per heavy atom. The van der Waals surface area contributed by atoms with E-state index in [9.17, 15) is 0 Å². The predicted octanol–water partition coefficient (Wildman–Crippen LogP) is 2.71. The van der Waals surface area contributed by atoms with Gasteiger partial charge in [0, 0.05) is 36.5 Å². The third kappa shape index (κ3) is 4.28. The maximum Gasteiger partial charge on any atom is 0.0724 e. The number of ether oxygens (including phenoxy) is 1. The molecule has 1 aromatic heterocycles. The van der Waals surface area contributed by atoms with Crippen LogP contribution in [0.1, 0.15) is 30.0 Å². The minimum absolute atomic E-state index is 0.398. The van der Waals surface area contributed by atoms with Gasteiger partial charge in [-0.25, -0.2) is 0 Å². The highest BCUT2D eigenvalue weighted by molar-refractivity contribution is 7.11. The van der Waals surface area contributed by atoms with E-state index in [0.29, 0.717) is 12.0 Å². The highest BCUT2D eigenvalue weighted by atomic mass is 32.1. The molecule has 2 heterocycles. The van der Waals surface area contributed by atoms with Crippen LogP contribution in [0.5, 0.6) is 0 Å². The van der Waals surface area contributed by atoms with Crippen molar-refractivity contribution in [2.24, 2.45) is 5.92 Å². The standard InChI is InChI=1S/C15H26N2OS/c1-4-16-9-13-5-6-14(19-13)10-17-8-7-12(2)15(11-17)18-3/h5-6,12,15-16H,4,7-11H2,1-3H3. The van der Waals surface area contributed by atoms with Crippen LogP contribution < -0.4 is 5.32 Å². The summed E-state index contributed by atoms with van der Waals surface area (Å²) in [5.74, 6) is 0.689. The molecule has 0 spiro atoms. The number of rotatable bonds is 6. The van der Waals surface area contributed by atoms with Gasteiger partial charge in [-0.3, -0.25) is 4.90 Å². The van der Waals surface area contributed by atoms with Crippen LogP contribution in [0.25, 0.3) is 0 Å². The van der Waals surface area contributed by atoms with Gasteiger partial charge >= 0.3 is 0 Å². The second-order valence-electron chi connectivity index (χ2n) is 5.42. The fourth-order valence-electron chi connectivity index (χ4n) is 2.62. The summed E-state index contributed by atoms with van der Waals surface area (Å²) in [6.45, 7) is 9.81. The van der Waals surface area contributed by atoms with Crippen LogP contribution >= 0.6 is 11.3 Å². The molecule has 1 aliphatic rings. The Morgan fingerprint density at radius 3 is 2.95 bits per heavy atom. The maximum atomic E-state index is 5.58. The van der Waals surface area contributed by atoms with E-state index in [-0.39, 0.29) is 0 Å². The van der Waals surface area contributed by atoms with Gasteiger partial charge < -0.3 is 10.1 Å². The van der Waals surface area contributed by atoms with Crippen LogP contribution in [0.15, 0.2) is 12.1 Å². The molecule has 0 aliphatic carbocycles. The lowest BCUT2D eigenvalue weighted by atomic mass is 9.96. The lowest BCUT2D eigenvalue weighted by Crippen LogP contribution is -2.43. The summed E-state index contributed by atoms with van der Waals surface area (Å²) in [6.07, 6.45) is 1.64. The molecule has 1 fully saturated rings. The molecule has 1 aliphatic heterocycles. The molecular formula is C15H26N2OS. The number of hydrogen-bond donors (Lipinski definition) is 1. The van der Waals surface area contributed by atoms with Crippen LogP contribution in [0, 0.1) is 5.92 Å². The van der Waals surface area contributed by atoms with Gasteiger partial charge in [0.2, 0.25) is 0 Å². The summed E-state index contributed by atoms with van der Waals surface area (Å²) < 4.78 is 5.58. The second kappa shape index (κ2) is 7.39. The van der Waals surface area contributed by atoms with E-state index in [1.165, 1.54) is 22.7 Å². The molecule has 0 aromatic carbocycles. The molecule has 0 bridgehead atoms.